The Labute approximate surface area is 108 Å². The number of hydrogen-bond acceptors (Lipinski definition) is 4. The Hall–Kier alpha value is -0.480. The molecule has 0 bridgehead atoms. The van der Waals surface area contributed by atoms with Crippen molar-refractivity contribution in [2.24, 2.45) is 0 Å². The molecule has 1 aliphatic heterocycles. The fraction of sp³-hybridized carbons (Fsp3) is 0.769. The smallest absolute Gasteiger partial charge is 0.139 e. The number of hydrogen-bond donors (Lipinski definition) is 0. The van der Waals surface area contributed by atoms with E-state index in [-0.39, 0.29) is 0 Å². The minimum atomic E-state index is 0.424. The molecule has 17 heavy (non-hydrogen) atoms. The van der Waals surface area contributed by atoms with Gasteiger partial charge in [-0.2, -0.15) is 11.8 Å². The highest BCUT2D eigenvalue weighted by atomic mass is 32.2. The van der Waals surface area contributed by atoms with Gasteiger partial charge in [0.15, 0.2) is 0 Å². The van der Waals surface area contributed by atoms with Gasteiger partial charge < -0.3 is 4.52 Å². The molecule has 0 unspecified atom stereocenters. The third-order valence-corrected chi connectivity index (χ3v) is 4.42. The van der Waals surface area contributed by atoms with E-state index in [2.05, 4.69) is 48.8 Å². The number of aromatic nitrogens is 1. The maximum Gasteiger partial charge on any atom is 0.139 e. The average molecular weight is 254 g/mol. The molecule has 1 fully saturated rings. The molecule has 1 aromatic rings. The quantitative estimate of drug-likeness (QED) is 0.825. The van der Waals surface area contributed by atoms with Gasteiger partial charge in [0.25, 0.3) is 0 Å². The van der Waals surface area contributed by atoms with Crippen LogP contribution in [0.1, 0.15) is 44.1 Å². The maximum absolute atomic E-state index is 5.33. The molecule has 0 N–H and O–H groups in total. The SMILES string of the molecule is CC(C)c1cc(CN(C)C2CCSCC2)no1. The van der Waals surface area contributed by atoms with E-state index in [0.29, 0.717) is 5.92 Å². The maximum atomic E-state index is 5.33. The van der Waals surface area contributed by atoms with Crippen LogP contribution in [0.5, 0.6) is 0 Å². The zero-order valence-electron chi connectivity index (χ0n) is 11.0. The van der Waals surface area contributed by atoms with Crippen LogP contribution in [0.2, 0.25) is 0 Å². The van der Waals surface area contributed by atoms with Crippen LogP contribution in [0.4, 0.5) is 0 Å². The predicted octanol–water partition coefficient (Wildman–Crippen LogP) is 3.13. The van der Waals surface area contributed by atoms with Crippen LogP contribution in [0.25, 0.3) is 0 Å². The lowest BCUT2D eigenvalue weighted by Crippen LogP contribution is -2.34. The van der Waals surface area contributed by atoms with Gasteiger partial charge in [0.05, 0.1) is 5.69 Å². The minimum absolute atomic E-state index is 0.424. The molecular formula is C13H22N2OS. The van der Waals surface area contributed by atoms with Gasteiger partial charge in [-0.15, -0.1) is 0 Å². The van der Waals surface area contributed by atoms with E-state index in [9.17, 15) is 0 Å². The highest BCUT2D eigenvalue weighted by Gasteiger charge is 2.19. The highest BCUT2D eigenvalue weighted by Crippen LogP contribution is 2.22. The van der Waals surface area contributed by atoms with E-state index >= 15 is 0 Å². The molecule has 0 radical (unpaired) electrons. The molecule has 1 aliphatic rings. The van der Waals surface area contributed by atoms with Crippen molar-refractivity contribution in [1.29, 1.82) is 0 Å². The highest BCUT2D eigenvalue weighted by molar-refractivity contribution is 7.99. The summed E-state index contributed by atoms with van der Waals surface area (Å²) < 4.78 is 5.33. The number of rotatable bonds is 4. The summed E-state index contributed by atoms with van der Waals surface area (Å²) in [5, 5.41) is 4.15. The third-order valence-electron chi connectivity index (χ3n) is 3.37. The second kappa shape index (κ2) is 5.91. The van der Waals surface area contributed by atoms with Crippen molar-refractivity contribution in [3.63, 3.8) is 0 Å². The molecule has 0 saturated carbocycles. The molecule has 0 aromatic carbocycles. The van der Waals surface area contributed by atoms with Crippen LogP contribution in [0.3, 0.4) is 0 Å². The van der Waals surface area contributed by atoms with Gasteiger partial charge in [-0.05, 0) is 31.4 Å². The second-order valence-corrected chi connectivity index (χ2v) is 6.36. The van der Waals surface area contributed by atoms with Crippen LogP contribution < -0.4 is 0 Å². The van der Waals surface area contributed by atoms with Crippen molar-refractivity contribution in [1.82, 2.24) is 10.1 Å². The van der Waals surface area contributed by atoms with Crippen molar-refractivity contribution >= 4 is 11.8 Å². The summed E-state index contributed by atoms with van der Waals surface area (Å²) in [7, 11) is 2.20. The molecule has 3 nitrogen and oxygen atoms in total. The lowest BCUT2D eigenvalue weighted by Gasteiger charge is -2.30. The predicted molar refractivity (Wildman–Crippen MR) is 72.4 cm³/mol. The second-order valence-electron chi connectivity index (χ2n) is 5.13. The molecule has 2 rings (SSSR count). The average Bonchev–Trinajstić information content (AvgIpc) is 2.79. The topological polar surface area (TPSA) is 29.3 Å². The summed E-state index contributed by atoms with van der Waals surface area (Å²) in [6.07, 6.45) is 2.60. The largest absolute Gasteiger partial charge is 0.361 e. The van der Waals surface area contributed by atoms with E-state index in [4.69, 9.17) is 4.52 Å². The van der Waals surface area contributed by atoms with E-state index in [0.717, 1.165) is 24.0 Å². The van der Waals surface area contributed by atoms with E-state index in [1.54, 1.807) is 0 Å². The van der Waals surface area contributed by atoms with Gasteiger partial charge in [0.1, 0.15) is 5.76 Å². The van der Waals surface area contributed by atoms with Gasteiger partial charge in [-0.1, -0.05) is 19.0 Å². The van der Waals surface area contributed by atoms with Crippen LogP contribution in [-0.4, -0.2) is 34.7 Å². The van der Waals surface area contributed by atoms with Gasteiger partial charge in [0.2, 0.25) is 0 Å². The van der Waals surface area contributed by atoms with Crippen LogP contribution >= 0.6 is 11.8 Å². The number of thioether (sulfide) groups is 1. The van der Waals surface area contributed by atoms with Gasteiger partial charge in [0, 0.05) is 24.6 Å². The molecule has 0 spiro atoms. The Morgan fingerprint density at radius 3 is 2.76 bits per heavy atom. The van der Waals surface area contributed by atoms with Crippen LogP contribution in [-0.2, 0) is 6.54 Å². The third kappa shape index (κ3) is 3.49. The Balaban J connectivity index is 1.90. The van der Waals surface area contributed by atoms with Crippen molar-refractivity contribution in [3.05, 3.63) is 17.5 Å². The summed E-state index contributed by atoms with van der Waals surface area (Å²) in [6, 6.07) is 2.81. The van der Waals surface area contributed by atoms with Crippen molar-refractivity contribution < 1.29 is 4.52 Å². The molecule has 0 aliphatic carbocycles. The van der Waals surface area contributed by atoms with Gasteiger partial charge in [-0.25, -0.2) is 0 Å². The molecule has 2 heterocycles. The summed E-state index contributed by atoms with van der Waals surface area (Å²) in [5.74, 6) is 4.01. The Morgan fingerprint density at radius 2 is 2.18 bits per heavy atom. The summed E-state index contributed by atoms with van der Waals surface area (Å²) in [5.41, 5.74) is 1.06. The van der Waals surface area contributed by atoms with Crippen LogP contribution in [0, 0.1) is 0 Å². The fourth-order valence-electron chi connectivity index (χ4n) is 2.19. The first kappa shape index (κ1) is 13.0. The summed E-state index contributed by atoms with van der Waals surface area (Å²) >= 11 is 2.07. The van der Waals surface area contributed by atoms with Gasteiger partial charge >= 0.3 is 0 Å². The Bertz CT molecular complexity index is 345. The minimum Gasteiger partial charge on any atom is -0.361 e. The molecule has 4 heteroatoms. The fourth-order valence-corrected chi connectivity index (χ4v) is 3.27. The van der Waals surface area contributed by atoms with Crippen molar-refractivity contribution in [2.75, 3.05) is 18.6 Å². The first-order chi connectivity index (χ1) is 8.16. The normalized spacial score (nSPS) is 18.2. The van der Waals surface area contributed by atoms with Gasteiger partial charge in [-0.3, -0.25) is 4.90 Å². The molecule has 0 amide bonds. The first-order valence-corrected chi connectivity index (χ1v) is 7.55. The standard InChI is InChI=1S/C13H22N2OS/c1-10(2)13-8-11(14-16-13)9-15(3)12-4-6-17-7-5-12/h8,10,12H,4-7,9H2,1-3H3. The van der Waals surface area contributed by atoms with Crippen LogP contribution in [0.15, 0.2) is 10.6 Å². The number of nitrogens with zero attached hydrogens (tertiary/aromatic N) is 2. The van der Waals surface area contributed by atoms with Crippen molar-refractivity contribution in [3.8, 4) is 0 Å². The molecule has 0 atom stereocenters. The lowest BCUT2D eigenvalue weighted by atomic mass is 10.1. The monoisotopic (exact) mass is 254 g/mol. The first-order valence-electron chi connectivity index (χ1n) is 6.40. The molecule has 96 valence electrons. The van der Waals surface area contributed by atoms with Crippen molar-refractivity contribution in [2.45, 2.75) is 45.2 Å². The lowest BCUT2D eigenvalue weighted by molar-refractivity contribution is 0.214. The Morgan fingerprint density at radius 1 is 1.47 bits per heavy atom. The summed E-state index contributed by atoms with van der Waals surface area (Å²) in [6.45, 7) is 5.17. The zero-order chi connectivity index (χ0) is 12.3. The Kier molecular flexibility index (Phi) is 4.51. The molecule has 1 saturated heterocycles. The summed E-state index contributed by atoms with van der Waals surface area (Å²) in [4.78, 5) is 2.42. The van der Waals surface area contributed by atoms with E-state index in [1.807, 2.05) is 0 Å². The zero-order valence-corrected chi connectivity index (χ0v) is 11.8. The molecule has 1 aromatic heterocycles. The van der Waals surface area contributed by atoms with E-state index < -0.39 is 0 Å². The molecular weight excluding hydrogens is 232 g/mol. The van der Waals surface area contributed by atoms with E-state index in [1.165, 1.54) is 24.3 Å².